The maximum atomic E-state index is 10.8. The third-order valence-corrected chi connectivity index (χ3v) is 4.02. The lowest BCUT2D eigenvalue weighted by molar-refractivity contribution is -0.156. The van der Waals surface area contributed by atoms with Gasteiger partial charge in [-0.3, -0.25) is 9.69 Å². The first-order chi connectivity index (χ1) is 11.2. The first-order valence-corrected chi connectivity index (χ1v) is 7.58. The van der Waals surface area contributed by atoms with Crippen molar-refractivity contribution in [2.24, 2.45) is 0 Å². The summed E-state index contributed by atoms with van der Waals surface area (Å²) < 4.78 is 11.2. The van der Waals surface area contributed by atoms with Crippen LogP contribution in [0.25, 0.3) is 0 Å². The van der Waals surface area contributed by atoms with Gasteiger partial charge in [-0.15, -0.1) is 0 Å². The van der Waals surface area contributed by atoms with Gasteiger partial charge in [0.05, 0.1) is 0 Å². The summed E-state index contributed by atoms with van der Waals surface area (Å²) in [6.07, 6.45) is -0.277. The minimum absolute atomic E-state index is 0.0829. The third kappa shape index (κ3) is 3.46. The molecule has 0 aromatic heterocycles. The highest BCUT2D eigenvalue weighted by Gasteiger charge is 2.35. The van der Waals surface area contributed by atoms with E-state index in [1.165, 1.54) is 0 Å². The summed E-state index contributed by atoms with van der Waals surface area (Å²) in [7, 11) is 0. The average Bonchev–Trinajstić information content (AvgIpc) is 2.53. The highest BCUT2D eigenvalue weighted by atomic mass is 16.5. The van der Waals surface area contributed by atoms with E-state index in [2.05, 4.69) is 4.90 Å². The minimum Gasteiger partial charge on any atom is -0.488 e. The van der Waals surface area contributed by atoms with E-state index in [0.717, 1.165) is 22.6 Å². The molecule has 2 aromatic rings. The molecular formula is C18H20N2O3. The number of ether oxygens (including phenoxy) is 2. The Morgan fingerprint density at radius 2 is 1.96 bits per heavy atom. The van der Waals surface area contributed by atoms with Crippen molar-refractivity contribution in [3.05, 3.63) is 59.7 Å². The zero-order chi connectivity index (χ0) is 16.2. The van der Waals surface area contributed by atoms with Gasteiger partial charge in [-0.2, -0.15) is 0 Å². The molecule has 1 saturated heterocycles. The van der Waals surface area contributed by atoms with Crippen molar-refractivity contribution in [2.45, 2.75) is 19.3 Å². The Morgan fingerprint density at radius 1 is 1.22 bits per heavy atom. The van der Waals surface area contributed by atoms with Crippen LogP contribution in [0, 0.1) is 6.92 Å². The SMILES string of the molecule is Cc1cc(OC2CN(C(OC=O)c3ccccc3)C2)ccc1N. The molecule has 0 saturated carbocycles. The number of nitrogens with two attached hydrogens (primary N) is 1. The average molecular weight is 312 g/mol. The van der Waals surface area contributed by atoms with E-state index >= 15 is 0 Å². The van der Waals surface area contributed by atoms with Gasteiger partial charge < -0.3 is 15.2 Å². The third-order valence-electron chi connectivity index (χ3n) is 4.02. The standard InChI is InChI=1S/C18H20N2O3/c1-13-9-15(7-8-17(13)19)23-16-10-20(11-16)18(22-12-21)14-5-3-2-4-6-14/h2-9,12,16,18H,10-11,19H2,1H3. The van der Waals surface area contributed by atoms with Crippen LogP contribution >= 0.6 is 0 Å². The molecule has 0 spiro atoms. The van der Waals surface area contributed by atoms with Crippen LogP contribution in [0.4, 0.5) is 5.69 Å². The molecule has 1 aliphatic heterocycles. The summed E-state index contributed by atoms with van der Waals surface area (Å²) in [4.78, 5) is 12.9. The molecule has 1 aliphatic rings. The summed E-state index contributed by atoms with van der Waals surface area (Å²) in [5.74, 6) is 0.814. The molecular weight excluding hydrogens is 292 g/mol. The second kappa shape index (κ2) is 6.71. The first kappa shape index (κ1) is 15.4. The van der Waals surface area contributed by atoms with Crippen LogP contribution in [0.15, 0.2) is 48.5 Å². The molecule has 0 radical (unpaired) electrons. The molecule has 1 atom stereocenters. The topological polar surface area (TPSA) is 64.8 Å². The largest absolute Gasteiger partial charge is 0.488 e. The minimum atomic E-state index is -0.360. The van der Waals surface area contributed by atoms with Crippen molar-refractivity contribution >= 4 is 12.2 Å². The Balaban J connectivity index is 1.60. The van der Waals surface area contributed by atoms with Gasteiger partial charge in [-0.25, -0.2) is 0 Å². The number of hydrogen-bond acceptors (Lipinski definition) is 5. The zero-order valence-electron chi connectivity index (χ0n) is 13.0. The molecule has 0 bridgehead atoms. The fraction of sp³-hybridized carbons (Fsp3) is 0.278. The molecule has 120 valence electrons. The molecule has 0 aliphatic carbocycles. The summed E-state index contributed by atoms with van der Waals surface area (Å²) in [5, 5.41) is 0. The Kier molecular flexibility index (Phi) is 4.48. The lowest BCUT2D eigenvalue weighted by Crippen LogP contribution is -2.55. The van der Waals surface area contributed by atoms with E-state index in [9.17, 15) is 4.79 Å². The van der Waals surface area contributed by atoms with E-state index in [1.54, 1.807) is 0 Å². The summed E-state index contributed by atoms with van der Waals surface area (Å²) in [6.45, 7) is 3.86. The number of carbonyl (C=O) groups excluding carboxylic acids is 1. The second-order valence-corrected chi connectivity index (χ2v) is 5.71. The number of aryl methyl sites for hydroxylation is 1. The van der Waals surface area contributed by atoms with Gasteiger partial charge in [0.25, 0.3) is 6.47 Å². The van der Waals surface area contributed by atoms with E-state index in [4.69, 9.17) is 15.2 Å². The van der Waals surface area contributed by atoms with Crippen LogP contribution in [-0.4, -0.2) is 30.6 Å². The Morgan fingerprint density at radius 3 is 2.61 bits per heavy atom. The van der Waals surface area contributed by atoms with Gasteiger partial charge in [-0.05, 0) is 30.7 Å². The normalized spacial score (nSPS) is 16.4. The van der Waals surface area contributed by atoms with Crippen molar-refractivity contribution in [1.82, 2.24) is 4.90 Å². The molecule has 2 N–H and O–H groups in total. The fourth-order valence-electron chi connectivity index (χ4n) is 2.70. The smallest absolute Gasteiger partial charge is 0.294 e. The molecule has 1 fully saturated rings. The van der Waals surface area contributed by atoms with E-state index in [1.807, 2.05) is 55.5 Å². The Hall–Kier alpha value is -2.53. The van der Waals surface area contributed by atoms with Crippen LogP contribution in [0.1, 0.15) is 17.4 Å². The number of nitrogen functional groups attached to an aromatic ring is 1. The molecule has 3 rings (SSSR count). The van der Waals surface area contributed by atoms with Gasteiger partial charge in [0.15, 0.2) is 6.23 Å². The number of benzene rings is 2. The Bertz CT molecular complexity index is 669. The van der Waals surface area contributed by atoms with E-state index in [-0.39, 0.29) is 12.3 Å². The van der Waals surface area contributed by atoms with Gasteiger partial charge in [0.2, 0.25) is 0 Å². The van der Waals surface area contributed by atoms with Crippen LogP contribution < -0.4 is 10.5 Å². The lowest BCUT2D eigenvalue weighted by atomic mass is 10.1. The quantitative estimate of drug-likeness (QED) is 0.656. The molecule has 1 unspecified atom stereocenters. The monoisotopic (exact) mass is 312 g/mol. The molecule has 5 nitrogen and oxygen atoms in total. The highest BCUT2D eigenvalue weighted by molar-refractivity contribution is 5.49. The molecule has 0 amide bonds. The second-order valence-electron chi connectivity index (χ2n) is 5.71. The predicted octanol–water partition coefficient (Wildman–Crippen LogP) is 2.51. The zero-order valence-corrected chi connectivity index (χ0v) is 13.0. The van der Waals surface area contributed by atoms with Crippen LogP contribution in [0.3, 0.4) is 0 Å². The van der Waals surface area contributed by atoms with Gasteiger partial charge in [0.1, 0.15) is 11.9 Å². The van der Waals surface area contributed by atoms with Crippen molar-refractivity contribution in [3.8, 4) is 5.75 Å². The highest BCUT2D eigenvalue weighted by Crippen LogP contribution is 2.29. The van der Waals surface area contributed by atoms with Gasteiger partial charge in [0, 0.05) is 24.3 Å². The van der Waals surface area contributed by atoms with Crippen molar-refractivity contribution < 1.29 is 14.3 Å². The van der Waals surface area contributed by atoms with Crippen molar-refractivity contribution in [1.29, 1.82) is 0 Å². The number of carbonyl (C=O) groups is 1. The number of likely N-dealkylation sites (tertiary alicyclic amines) is 1. The van der Waals surface area contributed by atoms with Gasteiger partial charge in [-0.1, -0.05) is 30.3 Å². The number of anilines is 1. The number of hydrogen-bond donors (Lipinski definition) is 1. The number of rotatable bonds is 6. The fourth-order valence-corrected chi connectivity index (χ4v) is 2.70. The summed E-state index contributed by atoms with van der Waals surface area (Å²) >= 11 is 0. The van der Waals surface area contributed by atoms with Crippen LogP contribution in [0.5, 0.6) is 5.75 Å². The predicted molar refractivity (Wildman–Crippen MR) is 87.9 cm³/mol. The summed E-state index contributed by atoms with van der Waals surface area (Å²) in [5.41, 5.74) is 8.54. The maximum absolute atomic E-state index is 10.8. The maximum Gasteiger partial charge on any atom is 0.294 e. The first-order valence-electron chi connectivity index (χ1n) is 7.58. The van der Waals surface area contributed by atoms with Crippen molar-refractivity contribution in [3.63, 3.8) is 0 Å². The lowest BCUT2D eigenvalue weighted by Gasteiger charge is -2.42. The molecule has 23 heavy (non-hydrogen) atoms. The van der Waals surface area contributed by atoms with Crippen LogP contribution in [0.2, 0.25) is 0 Å². The van der Waals surface area contributed by atoms with Crippen molar-refractivity contribution in [2.75, 3.05) is 18.8 Å². The summed E-state index contributed by atoms with van der Waals surface area (Å²) in [6, 6.07) is 15.4. The molecule has 2 aromatic carbocycles. The van der Waals surface area contributed by atoms with E-state index in [0.29, 0.717) is 19.6 Å². The molecule has 1 heterocycles. The van der Waals surface area contributed by atoms with E-state index < -0.39 is 0 Å². The van der Waals surface area contributed by atoms with Crippen LogP contribution in [-0.2, 0) is 9.53 Å². The molecule has 5 heteroatoms. The van der Waals surface area contributed by atoms with Gasteiger partial charge >= 0.3 is 0 Å². The number of nitrogens with zero attached hydrogens (tertiary/aromatic N) is 1. The Labute approximate surface area is 135 Å².